The molecule has 1 aliphatic rings. The minimum absolute atomic E-state index is 0.000671. The van der Waals surface area contributed by atoms with E-state index in [2.05, 4.69) is 4.98 Å². The van der Waals surface area contributed by atoms with Crippen LogP contribution < -0.4 is 4.90 Å². The molecule has 3 aromatic rings. The van der Waals surface area contributed by atoms with E-state index in [0.717, 1.165) is 5.56 Å². The molecular weight excluding hydrogens is 388 g/mol. The fourth-order valence-corrected chi connectivity index (χ4v) is 3.66. The number of aryl methyl sites for hydroxylation is 1. The van der Waals surface area contributed by atoms with E-state index in [-0.39, 0.29) is 11.3 Å². The van der Waals surface area contributed by atoms with Crippen LogP contribution in [-0.2, 0) is 9.59 Å². The number of rotatable bonds is 3. The van der Waals surface area contributed by atoms with Crippen LogP contribution in [0.5, 0.6) is 0 Å². The van der Waals surface area contributed by atoms with Crippen LogP contribution in [0, 0.1) is 6.92 Å². The van der Waals surface area contributed by atoms with Crippen molar-refractivity contribution in [2.75, 3.05) is 4.90 Å². The first-order valence-electron chi connectivity index (χ1n) is 9.02. The second-order valence-electron chi connectivity index (χ2n) is 6.72. The number of hydrogen-bond donors (Lipinski definition) is 1. The average molecular weight is 405 g/mol. The lowest BCUT2D eigenvalue weighted by Gasteiger charge is -2.26. The van der Waals surface area contributed by atoms with E-state index >= 15 is 0 Å². The molecule has 1 saturated heterocycles. The van der Waals surface area contributed by atoms with Crippen molar-refractivity contribution < 1.29 is 14.7 Å². The molecule has 1 atom stereocenters. The van der Waals surface area contributed by atoms with Crippen LogP contribution in [0.2, 0.25) is 5.02 Å². The van der Waals surface area contributed by atoms with Crippen LogP contribution in [-0.4, -0.2) is 21.8 Å². The molecule has 0 spiro atoms. The van der Waals surface area contributed by atoms with Gasteiger partial charge in [0.05, 0.1) is 11.3 Å². The molecule has 1 unspecified atom stereocenters. The van der Waals surface area contributed by atoms with Crippen LogP contribution in [0.25, 0.3) is 5.76 Å². The van der Waals surface area contributed by atoms with E-state index < -0.39 is 17.7 Å². The van der Waals surface area contributed by atoms with Gasteiger partial charge in [0, 0.05) is 22.5 Å². The predicted molar refractivity (Wildman–Crippen MR) is 112 cm³/mol. The van der Waals surface area contributed by atoms with Gasteiger partial charge < -0.3 is 5.11 Å². The topological polar surface area (TPSA) is 70.5 Å². The van der Waals surface area contributed by atoms with Gasteiger partial charge in [0.15, 0.2) is 0 Å². The number of carbonyl (C=O) groups excluding carboxylic acids is 2. The van der Waals surface area contributed by atoms with E-state index in [1.807, 2.05) is 6.92 Å². The lowest BCUT2D eigenvalue weighted by molar-refractivity contribution is -0.132. The molecule has 1 N–H and O–H groups in total. The first-order valence-corrected chi connectivity index (χ1v) is 9.40. The number of nitrogens with zero attached hydrogens (tertiary/aromatic N) is 2. The van der Waals surface area contributed by atoms with Gasteiger partial charge in [-0.3, -0.25) is 19.5 Å². The number of aliphatic hydroxyl groups excluding tert-OH is 1. The molecule has 4 rings (SSSR count). The van der Waals surface area contributed by atoms with E-state index in [0.29, 0.717) is 22.0 Å². The van der Waals surface area contributed by atoms with E-state index in [1.54, 1.807) is 72.9 Å². The maximum absolute atomic E-state index is 13.1. The smallest absolute Gasteiger partial charge is 0.300 e. The zero-order valence-electron chi connectivity index (χ0n) is 15.5. The lowest BCUT2D eigenvalue weighted by Crippen LogP contribution is -2.30. The number of hydrogen-bond acceptors (Lipinski definition) is 4. The Morgan fingerprint density at radius 3 is 2.45 bits per heavy atom. The highest BCUT2D eigenvalue weighted by molar-refractivity contribution is 6.52. The van der Waals surface area contributed by atoms with E-state index in [9.17, 15) is 14.7 Å². The first kappa shape index (κ1) is 18.9. The number of aromatic nitrogens is 1. The van der Waals surface area contributed by atoms with Gasteiger partial charge in [-0.05, 0) is 36.8 Å². The van der Waals surface area contributed by atoms with E-state index in [4.69, 9.17) is 11.6 Å². The molecule has 0 bridgehead atoms. The molecule has 6 heteroatoms. The summed E-state index contributed by atoms with van der Waals surface area (Å²) in [6.45, 7) is 1.83. The van der Waals surface area contributed by atoms with Crippen LogP contribution in [0.4, 0.5) is 5.69 Å². The highest BCUT2D eigenvalue weighted by atomic mass is 35.5. The maximum atomic E-state index is 13.1. The van der Waals surface area contributed by atoms with Gasteiger partial charge in [0.2, 0.25) is 0 Å². The lowest BCUT2D eigenvalue weighted by atomic mass is 9.98. The van der Waals surface area contributed by atoms with Crippen LogP contribution >= 0.6 is 11.6 Å². The fourth-order valence-electron chi connectivity index (χ4n) is 3.49. The van der Waals surface area contributed by atoms with Gasteiger partial charge in [-0.25, -0.2) is 0 Å². The summed E-state index contributed by atoms with van der Waals surface area (Å²) in [4.78, 5) is 31.8. The zero-order chi connectivity index (χ0) is 20.5. The largest absolute Gasteiger partial charge is 0.507 e. The molecule has 5 nitrogen and oxygen atoms in total. The van der Waals surface area contributed by atoms with Crippen molar-refractivity contribution in [3.05, 3.63) is 100 Å². The van der Waals surface area contributed by atoms with Gasteiger partial charge in [-0.2, -0.15) is 0 Å². The number of ketones is 1. The third-order valence-electron chi connectivity index (χ3n) is 4.89. The molecular formula is C23H17ClN2O3. The Hall–Kier alpha value is -3.44. The van der Waals surface area contributed by atoms with Crippen LogP contribution in [0.15, 0.2) is 78.5 Å². The Labute approximate surface area is 172 Å². The molecule has 1 aliphatic heterocycles. The summed E-state index contributed by atoms with van der Waals surface area (Å²) in [5.41, 5.74) is 2.20. The number of halogens is 1. The van der Waals surface area contributed by atoms with Crippen LogP contribution in [0.1, 0.15) is 22.9 Å². The molecule has 144 valence electrons. The fraction of sp³-hybridized carbons (Fsp3) is 0.0870. The third-order valence-corrected chi connectivity index (χ3v) is 5.13. The molecule has 0 aliphatic carbocycles. The van der Waals surface area contributed by atoms with Gasteiger partial charge in [-0.15, -0.1) is 0 Å². The van der Waals surface area contributed by atoms with Gasteiger partial charge in [0.25, 0.3) is 11.7 Å². The Morgan fingerprint density at radius 1 is 1.03 bits per heavy atom. The summed E-state index contributed by atoms with van der Waals surface area (Å²) in [6, 6.07) is 18.2. The summed E-state index contributed by atoms with van der Waals surface area (Å²) in [7, 11) is 0. The third kappa shape index (κ3) is 3.30. The number of anilines is 1. The quantitative estimate of drug-likeness (QED) is 0.391. The summed E-state index contributed by atoms with van der Waals surface area (Å²) >= 11 is 6.17. The van der Waals surface area contributed by atoms with Gasteiger partial charge in [0.1, 0.15) is 11.8 Å². The minimum atomic E-state index is -0.867. The molecule has 2 heterocycles. The van der Waals surface area contributed by atoms with Crippen molar-refractivity contribution in [1.29, 1.82) is 0 Å². The molecule has 1 amide bonds. The molecule has 1 fully saturated rings. The number of benzene rings is 2. The Morgan fingerprint density at radius 2 is 1.76 bits per heavy atom. The summed E-state index contributed by atoms with van der Waals surface area (Å²) in [5, 5.41) is 11.4. The highest BCUT2D eigenvalue weighted by Gasteiger charge is 2.48. The van der Waals surface area contributed by atoms with Crippen molar-refractivity contribution >= 4 is 34.7 Å². The summed E-state index contributed by atoms with van der Waals surface area (Å²) in [6.07, 6.45) is 1.59. The summed E-state index contributed by atoms with van der Waals surface area (Å²) < 4.78 is 0. The number of amides is 1. The molecule has 29 heavy (non-hydrogen) atoms. The predicted octanol–water partition coefficient (Wildman–Crippen LogP) is 4.67. The van der Waals surface area contributed by atoms with Crippen LogP contribution in [0.3, 0.4) is 0 Å². The molecule has 1 aromatic heterocycles. The number of aliphatic hydroxyl groups is 1. The molecule has 0 saturated carbocycles. The Kier molecular flexibility index (Phi) is 4.91. The Bertz CT molecular complexity index is 1130. The standard InChI is InChI=1S/C23H17ClN2O3/c1-14-10-11-16(24)13-18(14)26-20(17-9-5-6-12-25-17)19(22(28)23(26)29)21(27)15-7-3-2-4-8-15/h2-13,20,27H,1H3/b21-19+. The van der Waals surface area contributed by atoms with Crippen molar-refractivity contribution in [1.82, 2.24) is 4.98 Å². The van der Waals surface area contributed by atoms with Crippen molar-refractivity contribution in [2.45, 2.75) is 13.0 Å². The maximum Gasteiger partial charge on any atom is 0.300 e. The molecule has 2 aromatic carbocycles. The number of Topliss-reactive ketones (excluding diaryl/α,β-unsaturated/α-hetero) is 1. The second kappa shape index (κ2) is 7.53. The zero-order valence-corrected chi connectivity index (χ0v) is 16.3. The second-order valence-corrected chi connectivity index (χ2v) is 7.16. The molecule has 0 radical (unpaired) electrons. The monoisotopic (exact) mass is 404 g/mol. The SMILES string of the molecule is Cc1ccc(Cl)cc1N1C(=O)C(=O)/C(=C(/O)c2ccccc2)C1c1ccccn1. The van der Waals surface area contributed by atoms with Gasteiger partial charge >= 0.3 is 0 Å². The number of pyridine rings is 1. The van der Waals surface area contributed by atoms with Crippen molar-refractivity contribution in [3.8, 4) is 0 Å². The van der Waals surface area contributed by atoms with Crippen molar-refractivity contribution in [2.24, 2.45) is 0 Å². The first-order chi connectivity index (χ1) is 14.0. The van der Waals surface area contributed by atoms with E-state index in [1.165, 1.54) is 4.90 Å². The van der Waals surface area contributed by atoms with Gasteiger partial charge in [-0.1, -0.05) is 54.1 Å². The average Bonchev–Trinajstić information content (AvgIpc) is 3.01. The number of carbonyl (C=O) groups is 2. The highest BCUT2D eigenvalue weighted by Crippen LogP contribution is 2.42. The Balaban J connectivity index is 1.98. The normalized spacial score (nSPS) is 18.3. The summed E-state index contributed by atoms with van der Waals surface area (Å²) in [5.74, 6) is -1.73. The minimum Gasteiger partial charge on any atom is -0.507 e. The van der Waals surface area contributed by atoms with Crippen molar-refractivity contribution in [3.63, 3.8) is 0 Å².